The van der Waals surface area contributed by atoms with Gasteiger partial charge in [0, 0.05) is 10.5 Å². The summed E-state index contributed by atoms with van der Waals surface area (Å²) in [6, 6.07) is 4.37. The third-order valence-corrected chi connectivity index (χ3v) is 4.20. The molecule has 0 amide bonds. The van der Waals surface area contributed by atoms with E-state index < -0.39 is 0 Å². The lowest BCUT2D eigenvalue weighted by Crippen LogP contribution is -2.34. The van der Waals surface area contributed by atoms with Crippen LogP contribution in [0.4, 0.5) is 0 Å². The van der Waals surface area contributed by atoms with Crippen molar-refractivity contribution in [1.29, 1.82) is 0 Å². The summed E-state index contributed by atoms with van der Waals surface area (Å²) in [4.78, 5) is 0. The summed E-state index contributed by atoms with van der Waals surface area (Å²) in [5, 5.41) is 3.47. The van der Waals surface area contributed by atoms with Gasteiger partial charge in [-0.25, -0.2) is 0 Å². The molecule has 0 aliphatic rings. The average Bonchev–Trinajstić information content (AvgIpc) is 2.31. The van der Waals surface area contributed by atoms with Crippen LogP contribution in [0.5, 0.6) is 5.75 Å². The Morgan fingerprint density at radius 3 is 2.28 bits per heavy atom. The van der Waals surface area contributed by atoms with E-state index in [1.54, 1.807) is 0 Å². The molecule has 0 spiro atoms. The lowest BCUT2D eigenvalue weighted by atomic mass is 10.2. The third-order valence-electron chi connectivity index (χ3n) is 2.57. The van der Waals surface area contributed by atoms with E-state index in [1.165, 1.54) is 0 Å². The Bertz CT molecular complexity index is 361. The smallest absolute Gasteiger partial charge is 0.147 e. The van der Waals surface area contributed by atoms with Crippen molar-refractivity contribution in [3.8, 4) is 5.75 Å². The summed E-state index contributed by atoms with van der Waals surface area (Å²) >= 11 is 10.5. The van der Waals surface area contributed by atoms with Crippen LogP contribution < -0.4 is 10.1 Å². The van der Waals surface area contributed by atoms with E-state index in [4.69, 9.17) is 4.74 Å². The largest absolute Gasteiger partial charge is 0.490 e. The maximum atomic E-state index is 5.90. The Morgan fingerprint density at radius 1 is 1.17 bits per heavy atom. The van der Waals surface area contributed by atoms with E-state index in [2.05, 4.69) is 67.0 Å². The maximum absolute atomic E-state index is 5.90. The monoisotopic (exact) mass is 441 g/mol. The van der Waals surface area contributed by atoms with Crippen LogP contribution in [0.1, 0.15) is 26.7 Å². The Morgan fingerprint density at radius 2 is 1.78 bits per heavy atom. The highest BCUT2D eigenvalue weighted by atomic mass is 79.9. The number of hydrogen-bond donors (Lipinski definition) is 1. The van der Waals surface area contributed by atoms with Crippen LogP contribution >= 0.6 is 47.8 Å². The predicted octanol–water partition coefficient (Wildman–Crippen LogP) is 5.13. The molecule has 102 valence electrons. The van der Waals surface area contributed by atoms with Crippen molar-refractivity contribution >= 4 is 47.8 Å². The molecule has 1 atom stereocenters. The first kappa shape index (κ1) is 16.5. The summed E-state index contributed by atoms with van der Waals surface area (Å²) in [6.07, 6.45) is 2.20. The predicted molar refractivity (Wildman–Crippen MR) is 87.4 cm³/mol. The minimum absolute atomic E-state index is 0.396. The second-order valence-electron chi connectivity index (χ2n) is 4.07. The lowest BCUT2D eigenvalue weighted by Gasteiger charge is -2.18. The van der Waals surface area contributed by atoms with Gasteiger partial charge >= 0.3 is 0 Å². The van der Waals surface area contributed by atoms with Gasteiger partial charge in [0.15, 0.2) is 0 Å². The van der Waals surface area contributed by atoms with Gasteiger partial charge in [-0.1, -0.05) is 29.8 Å². The van der Waals surface area contributed by atoms with E-state index in [-0.39, 0.29) is 0 Å². The van der Waals surface area contributed by atoms with Gasteiger partial charge in [0.2, 0.25) is 0 Å². The molecular weight excluding hydrogens is 426 g/mol. The fourth-order valence-corrected chi connectivity index (χ4v) is 4.01. The van der Waals surface area contributed by atoms with Crippen LogP contribution in [0.15, 0.2) is 25.6 Å². The first-order valence-corrected chi connectivity index (χ1v) is 8.47. The zero-order chi connectivity index (χ0) is 13.5. The van der Waals surface area contributed by atoms with Crippen LogP contribution in [0.2, 0.25) is 0 Å². The van der Waals surface area contributed by atoms with E-state index >= 15 is 0 Å². The van der Waals surface area contributed by atoms with Gasteiger partial charge in [0.25, 0.3) is 0 Å². The first-order chi connectivity index (χ1) is 8.58. The molecule has 2 nitrogen and oxygen atoms in total. The Labute approximate surface area is 134 Å². The van der Waals surface area contributed by atoms with Crippen molar-refractivity contribution < 1.29 is 4.74 Å². The molecule has 0 aromatic heterocycles. The molecule has 0 bridgehead atoms. The van der Waals surface area contributed by atoms with Gasteiger partial charge in [-0.3, -0.25) is 0 Å². The van der Waals surface area contributed by atoms with Crippen molar-refractivity contribution in [3.63, 3.8) is 0 Å². The highest BCUT2D eigenvalue weighted by Crippen LogP contribution is 2.36. The topological polar surface area (TPSA) is 21.3 Å². The van der Waals surface area contributed by atoms with E-state index in [9.17, 15) is 0 Å². The number of ether oxygens (including phenoxy) is 1. The zero-order valence-electron chi connectivity index (χ0n) is 10.6. The molecule has 18 heavy (non-hydrogen) atoms. The molecule has 0 aliphatic carbocycles. The second kappa shape index (κ2) is 8.56. The molecule has 1 N–H and O–H groups in total. The average molecular weight is 444 g/mol. The van der Waals surface area contributed by atoms with Gasteiger partial charge in [-0.2, -0.15) is 0 Å². The Kier molecular flexibility index (Phi) is 7.84. The molecule has 1 aromatic rings. The molecule has 0 fully saturated rings. The minimum Gasteiger partial charge on any atom is -0.490 e. The third kappa shape index (κ3) is 5.19. The van der Waals surface area contributed by atoms with Gasteiger partial charge in [0.1, 0.15) is 12.4 Å². The number of rotatable bonds is 7. The van der Waals surface area contributed by atoms with Crippen molar-refractivity contribution in [1.82, 2.24) is 5.32 Å². The molecule has 0 radical (unpaired) electrons. The second-order valence-corrected chi connectivity index (χ2v) is 6.69. The van der Waals surface area contributed by atoms with E-state index in [0.717, 1.165) is 38.6 Å². The van der Waals surface area contributed by atoms with Gasteiger partial charge < -0.3 is 10.1 Å². The molecule has 1 unspecified atom stereocenters. The van der Waals surface area contributed by atoms with Crippen LogP contribution in [0, 0.1) is 0 Å². The normalized spacial score (nSPS) is 12.5. The minimum atomic E-state index is 0.396. The Hall–Kier alpha value is 0.420. The number of benzene rings is 1. The molecule has 0 saturated heterocycles. The van der Waals surface area contributed by atoms with Gasteiger partial charge in [0.05, 0.1) is 8.95 Å². The first-order valence-electron chi connectivity index (χ1n) is 6.09. The molecule has 1 aromatic carbocycles. The molecule has 1 rings (SSSR count). The molecule has 0 aliphatic heterocycles. The fourth-order valence-electron chi connectivity index (χ4n) is 1.52. The van der Waals surface area contributed by atoms with Gasteiger partial charge in [-0.05, 0) is 63.4 Å². The van der Waals surface area contributed by atoms with E-state index in [1.807, 2.05) is 12.1 Å². The summed E-state index contributed by atoms with van der Waals surface area (Å²) in [6.45, 7) is 6.05. The van der Waals surface area contributed by atoms with Crippen molar-refractivity contribution in [3.05, 3.63) is 25.6 Å². The number of halogens is 3. The van der Waals surface area contributed by atoms with Crippen LogP contribution in [-0.4, -0.2) is 19.2 Å². The quantitative estimate of drug-likeness (QED) is 0.630. The zero-order valence-corrected chi connectivity index (χ0v) is 15.4. The lowest BCUT2D eigenvalue weighted by molar-refractivity contribution is 0.257. The summed E-state index contributed by atoms with van der Waals surface area (Å²) in [7, 11) is 0. The molecule has 0 heterocycles. The summed E-state index contributed by atoms with van der Waals surface area (Å²) in [5.41, 5.74) is 0. The van der Waals surface area contributed by atoms with Crippen LogP contribution in [0.25, 0.3) is 0 Å². The maximum Gasteiger partial charge on any atom is 0.147 e. The summed E-state index contributed by atoms with van der Waals surface area (Å²) < 4.78 is 8.82. The van der Waals surface area contributed by atoms with Crippen LogP contribution in [0.3, 0.4) is 0 Å². The van der Waals surface area contributed by atoms with Crippen molar-refractivity contribution in [2.45, 2.75) is 32.7 Å². The molecular formula is C13H18Br3NO. The SMILES string of the molecule is CCCNC(CC)COc1c(Br)cc(Br)cc1Br. The highest BCUT2D eigenvalue weighted by Gasteiger charge is 2.11. The van der Waals surface area contributed by atoms with Gasteiger partial charge in [-0.15, -0.1) is 0 Å². The Balaban J connectivity index is 2.62. The highest BCUT2D eigenvalue weighted by molar-refractivity contribution is 9.11. The number of hydrogen-bond acceptors (Lipinski definition) is 2. The standard InChI is InChI=1S/C13H18Br3NO/c1-3-5-17-10(4-2)8-18-13-11(15)6-9(14)7-12(13)16/h6-7,10,17H,3-5,8H2,1-2H3. The van der Waals surface area contributed by atoms with Crippen molar-refractivity contribution in [2.24, 2.45) is 0 Å². The summed E-state index contributed by atoms with van der Waals surface area (Å²) in [5.74, 6) is 0.856. The van der Waals surface area contributed by atoms with Crippen molar-refractivity contribution in [2.75, 3.05) is 13.2 Å². The number of nitrogens with one attached hydrogen (secondary N) is 1. The van der Waals surface area contributed by atoms with Crippen LogP contribution in [-0.2, 0) is 0 Å². The van der Waals surface area contributed by atoms with E-state index in [0.29, 0.717) is 12.6 Å². The molecule has 5 heteroatoms. The molecule has 0 saturated carbocycles. The fraction of sp³-hybridized carbons (Fsp3) is 0.538.